The Labute approximate surface area is 250 Å². The SMILES string of the molecule is CC(C)(C)OC(=O)[C@@]1(O)[C@@H](NC(=O)[C@@H](CC(N)=O)NC(=O)OCc2ccccc2)CCN1C(=O)CCCc1ccccc1. The fourth-order valence-electron chi connectivity index (χ4n) is 4.72. The molecule has 12 nitrogen and oxygen atoms in total. The molecular formula is C31H40N4O8. The van der Waals surface area contributed by atoms with E-state index in [4.69, 9.17) is 15.2 Å². The first kappa shape index (κ1) is 33.1. The fourth-order valence-corrected chi connectivity index (χ4v) is 4.72. The second-order valence-electron chi connectivity index (χ2n) is 11.4. The van der Waals surface area contributed by atoms with Crippen LogP contribution >= 0.6 is 0 Å². The Kier molecular flexibility index (Phi) is 11.2. The van der Waals surface area contributed by atoms with Crippen LogP contribution in [0.4, 0.5) is 4.79 Å². The molecule has 1 aliphatic heterocycles. The van der Waals surface area contributed by atoms with E-state index >= 15 is 0 Å². The number of hydrogen-bond acceptors (Lipinski definition) is 8. The van der Waals surface area contributed by atoms with E-state index in [0.29, 0.717) is 18.4 Å². The number of carbonyl (C=O) groups excluding carboxylic acids is 5. The monoisotopic (exact) mass is 596 g/mol. The van der Waals surface area contributed by atoms with Crippen molar-refractivity contribution >= 4 is 29.8 Å². The minimum atomic E-state index is -2.53. The molecule has 1 fully saturated rings. The molecule has 0 unspecified atom stereocenters. The van der Waals surface area contributed by atoms with Gasteiger partial charge in [0.25, 0.3) is 5.72 Å². The number of aryl methyl sites for hydroxylation is 1. The molecule has 1 saturated heterocycles. The number of esters is 1. The summed E-state index contributed by atoms with van der Waals surface area (Å²) in [6, 6.07) is 15.6. The van der Waals surface area contributed by atoms with E-state index in [2.05, 4.69) is 10.6 Å². The Bertz CT molecular complexity index is 1280. The third kappa shape index (κ3) is 9.53. The molecule has 12 heteroatoms. The van der Waals surface area contributed by atoms with Crippen molar-refractivity contribution in [3.05, 3.63) is 71.8 Å². The number of nitrogens with zero attached hydrogens (tertiary/aromatic N) is 1. The number of benzene rings is 2. The molecule has 232 valence electrons. The van der Waals surface area contributed by atoms with Gasteiger partial charge in [-0.05, 0) is 51.2 Å². The van der Waals surface area contributed by atoms with Gasteiger partial charge in [-0.2, -0.15) is 0 Å². The lowest BCUT2D eigenvalue weighted by Crippen LogP contribution is -2.65. The van der Waals surface area contributed by atoms with Crippen LogP contribution in [0.3, 0.4) is 0 Å². The number of primary amides is 1. The molecule has 2 aromatic carbocycles. The first-order valence-corrected chi connectivity index (χ1v) is 14.2. The van der Waals surface area contributed by atoms with Crippen LogP contribution in [-0.2, 0) is 41.7 Å². The molecule has 0 saturated carbocycles. The number of rotatable bonds is 12. The zero-order valence-corrected chi connectivity index (χ0v) is 24.7. The van der Waals surface area contributed by atoms with Crippen LogP contribution in [0.25, 0.3) is 0 Å². The van der Waals surface area contributed by atoms with E-state index in [1.807, 2.05) is 30.3 Å². The highest BCUT2D eigenvalue weighted by molar-refractivity contribution is 5.93. The minimum absolute atomic E-state index is 0.00759. The van der Waals surface area contributed by atoms with Gasteiger partial charge in [0.05, 0.1) is 12.5 Å². The largest absolute Gasteiger partial charge is 0.456 e. The number of aliphatic hydroxyl groups is 1. The van der Waals surface area contributed by atoms with Gasteiger partial charge < -0.3 is 35.8 Å². The number of nitrogens with one attached hydrogen (secondary N) is 2. The van der Waals surface area contributed by atoms with Crippen molar-refractivity contribution in [3.63, 3.8) is 0 Å². The zero-order chi connectivity index (χ0) is 31.6. The van der Waals surface area contributed by atoms with Gasteiger partial charge in [-0.25, -0.2) is 9.59 Å². The summed E-state index contributed by atoms with van der Waals surface area (Å²) in [5, 5.41) is 16.6. The van der Waals surface area contributed by atoms with Gasteiger partial charge in [0.15, 0.2) is 0 Å². The molecule has 0 bridgehead atoms. The van der Waals surface area contributed by atoms with Gasteiger partial charge in [-0.1, -0.05) is 60.7 Å². The second kappa shape index (κ2) is 14.6. The molecule has 1 heterocycles. The van der Waals surface area contributed by atoms with Crippen molar-refractivity contribution in [1.82, 2.24) is 15.5 Å². The van der Waals surface area contributed by atoms with Crippen LogP contribution < -0.4 is 16.4 Å². The van der Waals surface area contributed by atoms with Crippen molar-refractivity contribution in [3.8, 4) is 0 Å². The van der Waals surface area contributed by atoms with Crippen LogP contribution in [0, 0.1) is 0 Å². The summed E-state index contributed by atoms with van der Waals surface area (Å²) in [6.45, 7) is 4.70. The van der Waals surface area contributed by atoms with Crippen LogP contribution in [-0.4, -0.2) is 69.7 Å². The molecule has 5 N–H and O–H groups in total. The Morgan fingerprint density at radius 3 is 2.21 bits per heavy atom. The second-order valence-corrected chi connectivity index (χ2v) is 11.4. The summed E-state index contributed by atoms with van der Waals surface area (Å²) < 4.78 is 10.6. The molecule has 0 spiro atoms. The van der Waals surface area contributed by atoms with Crippen molar-refractivity contribution in [1.29, 1.82) is 0 Å². The Morgan fingerprint density at radius 1 is 1.02 bits per heavy atom. The quantitative estimate of drug-likeness (QED) is 0.269. The molecule has 1 aliphatic rings. The maximum atomic E-state index is 13.3. The van der Waals surface area contributed by atoms with Crippen LogP contribution in [0.5, 0.6) is 0 Å². The average molecular weight is 597 g/mol. The molecule has 43 heavy (non-hydrogen) atoms. The highest BCUT2D eigenvalue weighted by atomic mass is 16.6. The maximum Gasteiger partial charge on any atom is 0.408 e. The van der Waals surface area contributed by atoms with E-state index in [0.717, 1.165) is 10.5 Å². The first-order chi connectivity index (χ1) is 20.3. The van der Waals surface area contributed by atoms with Crippen molar-refractivity contribution in [2.45, 2.75) is 82.9 Å². The number of carbonyl (C=O) groups is 5. The first-order valence-electron chi connectivity index (χ1n) is 14.2. The lowest BCUT2D eigenvalue weighted by Gasteiger charge is -2.37. The summed E-state index contributed by atoms with van der Waals surface area (Å²) in [6.07, 6.45) is -0.420. The number of likely N-dealkylation sites (tertiary alicyclic amines) is 1. The smallest absolute Gasteiger partial charge is 0.408 e. The van der Waals surface area contributed by atoms with E-state index in [-0.39, 0.29) is 26.0 Å². The predicted molar refractivity (Wildman–Crippen MR) is 156 cm³/mol. The number of ether oxygens (including phenoxy) is 2. The molecule has 3 atom stereocenters. The number of amides is 4. The topological polar surface area (TPSA) is 177 Å². The molecular weight excluding hydrogens is 556 g/mol. The van der Waals surface area contributed by atoms with Gasteiger partial charge >= 0.3 is 12.1 Å². The molecule has 0 aliphatic carbocycles. The molecule has 0 radical (unpaired) electrons. The summed E-state index contributed by atoms with van der Waals surface area (Å²) in [5.41, 5.74) is 3.52. The fraction of sp³-hybridized carbons (Fsp3) is 0.452. The Morgan fingerprint density at radius 2 is 1.63 bits per heavy atom. The standard InChI is InChI=1S/C31H40N4O8/c1-30(2,3)43-28(39)31(41)24(17-18-35(31)26(37)16-10-15-21-11-6-4-7-12-21)34-27(38)23(19-25(32)36)33-29(40)42-20-22-13-8-5-9-14-22/h4-9,11-14,23-24,41H,10,15-20H2,1-3H3,(H2,32,36)(H,33,40)(H,34,38)/t23-,24+,31+/m1/s1. The van der Waals surface area contributed by atoms with Crippen molar-refractivity contribution < 1.29 is 38.6 Å². The molecule has 0 aromatic heterocycles. The number of nitrogens with two attached hydrogens (primary N) is 1. The minimum Gasteiger partial charge on any atom is -0.456 e. The molecule has 2 aromatic rings. The summed E-state index contributed by atoms with van der Waals surface area (Å²) in [4.78, 5) is 65.1. The third-order valence-electron chi connectivity index (χ3n) is 6.78. The van der Waals surface area contributed by atoms with Crippen LogP contribution in [0.1, 0.15) is 57.6 Å². The Hall–Kier alpha value is -4.45. The van der Waals surface area contributed by atoms with E-state index in [9.17, 15) is 29.1 Å². The summed E-state index contributed by atoms with van der Waals surface area (Å²) >= 11 is 0. The zero-order valence-electron chi connectivity index (χ0n) is 24.7. The van der Waals surface area contributed by atoms with Crippen LogP contribution in [0.15, 0.2) is 60.7 Å². The average Bonchev–Trinajstić information content (AvgIpc) is 3.28. The lowest BCUT2D eigenvalue weighted by atomic mass is 10.0. The van der Waals surface area contributed by atoms with Gasteiger partial charge in [0.2, 0.25) is 17.7 Å². The van der Waals surface area contributed by atoms with Gasteiger partial charge in [-0.3, -0.25) is 14.4 Å². The summed E-state index contributed by atoms with van der Waals surface area (Å²) in [7, 11) is 0. The van der Waals surface area contributed by atoms with Crippen LogP contribution in [0.2, 0.25) is 0 Å². The lowest BCUT2D eigenvalue weighted by molar-refractivity contribution is -0.200. The van der Waals surface area contributed by atoms with E-state index < -0.39 is 59.6 Å². The van der Waals surface area contributed by atoms with Gasteiger partial charge in [0.1, 0.15) is 18.2 Å². The normalized spacial score (nSPS) is 18.8. The maximum absolute atomic E-state index is 13.3. The van der Waals surface area contributed by atoms with Gasteiger partial charge in [-0.15, -0.1) is 0 Å². The van der Waals surface area contributed by atoms with Crippen molar-refractivity contribution in [2.75, 3.05) is 6.54 Å². The molecule has 4 amide bonds. The highest BCUT2D eigenvalue weighted by Crippen LogP contribution is 2.31. The third-order valence-corrected chi connectivity index (χ3v) is 6.78. The predicted octanol–water partition coefficient (Wildman–Crippen LogP) is 1.93. The van der Waals surface area contributed by atoms with E-state index in [1.165, 1.54) is 0 Å². The number of alkyl carbamates (subject to hydrolysis) is 1. The molecule has 3 rings (SSSR count). The van der Waals surface area contributed by atoms with Crippen molar-refractivity contribution in [2.24, 2.45) is 5.73 Å². The highest BCUT2D eigenvalue weighted by Gasteiger charge is 2.58. The number of hydrogen-bond donors (Lipinski definition) is 4. The van der Waals surface area contributed by atoms with E-state index in [1.54, 1.807) is 51.1 Å². The summed E-state index contributed by atoms with van der Waals surface area (Å²) in [5.74, 6) is -3.38. The van der Waals surface area contributed by atoms with Gasteiger partial charge in [0, 0.05) is 13.0 Å². The Balaban J connectivity index is 1.73.